The summed E-state index contributed by atoms with van der Waals surface area (Å²) in [7, 11) is 1.42. The van der Waals surface area contributed by atoms with E-state index in [0.717, 1.165) is 4.90 Å². The Kier molecular flexibility index (Phi) is 5.64. The fourth-order valence-corrected chi connectivity index (χ4v) is 2.57. The molecule has 136 valence electrons. The van der Waals surface area contributed by atoms with Crippen molar-refractivity contribution in [2.45, 2.75) is 0 Å². The zero-order valence-corrected chi connectivity index (χ0v) is 15.3. The first-order chi connectivity index (χ1) is 11.9. The van der Waals surface area contributed by atoms with E-state index in [1.54, 1.807) is 42.5 Å². The molecule has 0 saturated heterocycles. The van der Waals surface area contributed by atoms with Crippen LogP contribution in [0.4, 0.5) is 5.69 Å². The van der Waals surface area contributed by atoms with Gasteiger partial charge < -0.3 is 21.2 Å². The summed E-state index contributed by atoms with van der Waals surface area (Å²) in [5, 5.41) is 8.47. The van der Waals surface area contributed by atoms with Gasteiger partial charge in [-0.25, -0.2) is 0 Å². The Balaban J connectivity index is 0.00000243. The Morgan fingerprint density at radius 1 is 1.27 bits per heavy atom. The van der Waals surface area contributed by atoms with Crippen LogP contribution in [0.15, 0.2) is 42.5 Å². The molecular formula is C17H17Cl2N5O2. The summed E-state index contributed by atoms with van der Waals surface area (Å²) in [5.74, 6) is 0.252. The third-order valence-electron chi connectivity index (χ3n) is 3.68. The second-order valence-corrected chi connectivity index (χ2v) is 5.85. The van der Waals surface area contributed by atoms with Crippen molar-refractivity contribution in [2.24, 2.45) is 5.73 Å². The second-order valence-electron chi connectivity index (χ2n) is 5.44. The van der Waals surface area contributed by atoms with Gasteiger partial charge in [0, 0.05) is 24.2 Å². The van der Waals surface area contributed by atoms with E-state index < -0.39 is 5.91 Å². The number of guanidine groups is 1. The molecule has 26 heavy (non-hydrogen) atoms. The molecule has 3 aromatic rings. The average Bonchev–Trinajstić information content (AvgIpc) is 3.02. The summed E-state index contributed by atoms with van der Waals surface area (Å²) in [6, 6.07) is 12.0. The first kappa shape index (κ1) is 19.4. The van der Waals surface area contributed by atoms with Crippen LogP contribution in [0.25, 0.3) is 10.9 Å². The van der Waals surface area contributed by atoms with Gasteiger partial charge >= 0.3 is 0 Å². The van der Waals surface area contributed by atoms with Crippen molar-refractivity contribution in [1.29, 1.82) is 5.41 Å². The van der Waals surface area contributed by atoms with Crippen molar-refractivity contribution in [2.75, 3.05) is 12.8 Å². The standard InChI is InChI=1S/C17H16ClN5O2.ClH/c1-23(17(20)21)16(24)13-8-11-12(18)5-6-14(15(11)22-13)25-10-4-2-3-9(19)7-10;/h2-8,22H,19H2,1H3,(H3,20,21);1H. The predicted octanol–water partition coefficient (Wildman–Crippen LogP) is 3.58. The van der Waals surface area contributed by atoms with E-state index in [-0.39, 0.29) is 24.1 Å². The summed E-state index contributed by atoms with van der Waals surface area (Å²) in [6.45, 7) is 0. The lowest BCUT2D eigenvalue weighted by Gasteiger charge is -2.12. The van der Waals surface area contributed by atoms with Gasteiger partial charge in [-0.2, -0.15) is 0 Å². The average molecular weight is 394 g/mol. The van der Waals surface area contributed by atoms with Gasteiger partial charge in [0.05, 0.1) is 10.5 Å². The summed E-state index contributed by atoms with van der Waals surface area (Å²) < 4.78 is 5.87. The Hall–Kier alpha value is -2.90. The minimum atomic E-state index is -0.449. The lowest BCUT2D eigenvalue weighted by Crippen LogP contribution is -2.38. The van der Waals surface area contributed by atoms with E-state index in [9.17, 15) is 4.79 Å². The number of carbonyl (C=O) groups excluding carboxylic acids is 1. The molecule has 0 spiro atoms. The summed E-state index contributed by atoms with van der Waals surface area (Å²) in [5.41, 5.74) is 12.5. The zero-order chi connectivity index (χ0) is 18.1. The quantitative estimate of drug-likeness (QED) is 0.308. The van der Waals surface area contributed by atoms with Crippen LogP contribution < -0.4 is 16.2 Å². The van der Waals surface area contributed by atoms with Crippen LogP contribution in [0, 0.1) is 5.41 Å². The van der Waals surface area contributed by atoms with Gasteiger partial charge in [0.25, 0.3) is 5.91 Å². The van der Waals surface area contributed by atoms with Crippen LogP contribution >= 0.6 is 24.0 Å². The Morgan fingerprint density at radius 2 is 2.00 bits per heavy atom. The number of halogens is 2. The molecule has 9 heteroatoms. The molecule has 3 rings (SSSR count). The smallest absolute Gasteiger partial charge is 0.276 e. The Bertz CT molecular complexity index is 986. The molecule has 0 fully saturated rings. The number of carbonyl (C=O) groups is 1. The number of nitrogen functional groups attached to an aromatic ring is 1. The number of aromatic nitrogens is 1. The molecule has 1 amide bonds. The summed E-state index contributed by atoms with van der Waals surface area (Å²) in [6.07, 6.45) is 0. The van der Waals surface area contributed by atoms with Gasteiger partial charge in [0.15, 0.2) is 11.7 Å². The molecule has 0 radical (unpaired) electrons. The van der Waals surface area contributed by atoms with Crippen LogP contribution in [0.1, 0.15) is 10.5 Å². The maximum atomic E-state index is 12.4. The second kappa shape index (κ2) is 7.55. The van der Waals surface area contributed by atoms with E-state index in [0.29, 0.717) is 33.1 Å². The number of hydrogen-bond acceptors (Lipinski definition) is 4. The number of nitrogens with two attached hydrogens (primary N) is 2. The highest BCUT2D eigenvalue weighted by Crippen LogP contribution is 2.35. The van der Waals surface area contributed by atoms with Gasteiger partial charge in [0.1, 0.15) is 11.4 Å². The van der Waals surface area contributed by atoms with Crippen LogP contribution in [0.3, 0.4) is 0 Å². The fourth-order valence-electron chi connectivity index (χ4n) is 2.35. The number of nitrogens with zero attached hydrogens (tertiary/aromatic N) is 1. The number of ether oxygens (including phenoxy) is 1. The fraction of sp³-hybridized carbons (Fsp3) is 0.0588. The van der Waals surface area contributed by atoms with E-state index in [1.807, 2.05) is 0 Å². The number of aromatic amines is 1. The molecule has 0 saturated carbocycles. The van der Waals surface area contributed by atoms with Crippen LogP contribution in [-0.4, -0.2) is 28.8 Å². The molecule has 2 aromatic carbocycles. The number of fused-ring (bicyclic) bond motifs is 1. The normalized spacial score (nSPS) is 10.2. The number of amides is 1. The molecule has 1 heterocycles. The minimum Gasteiger partial charge on any atom is -0.455 e. The third-order valence-corrected chi connectivity index (χ3v) is 4.01. The lowest BCUT2D eigenvalue weighted by molar-refractivity contribution is 0.0864. The van der Waals surface area contributed by atoms with Gasteiger partial charge in [-0.05, 0) is 30.3 Å². The maximum absolute atomic E-state index is 12.4. The molecule has 0 aliphatic rings. The molecule has 1 aromatic heterocycles. The number of hydrogen-bond donors (Lipinski definition) is 4. The van der Waals surface area contributed by atoms with Crippen LogP contribution in [-0.2, 0) is 0 Å². The Labute approximate surface area is 160 Å². The van der Waals surface area contributed by atoms with Crippen LogP contribution in [0.2, 0.25) is 5.02 Å². The number of H-pyrrole nitrogens is 1. The first-order valence-corrected chi connectivity index (χ1v) is 7.71. The SMILES string of the molecule is CN(C(=N)N)C(=O)c1cc2c(Cl)ccc(Oc3cccc(N)c3)c2[nH]1.Cl. The van der Waals surface area contributed by atoms with E-state index in [1.165, 1.54) is 7.05 Å². The number of benzene rings is 2. The highest BCUT2D eigenvalue weighted by molar-refractivity contribution is 6.35. The Morgan fingerprint density at radius 3 is 2.65 bits per heavy atom. The summed E-state index contributed by atoms with van der Waals surface area (Å²) >= 11 is 6.23. The molecular weight excluding hydrogens is 377 g/mol. The monoisotopic (exact) mass is 393 g/mol. The van der Waals surface area contributed by atoms with E-state index in [2.05, 4.69) is 4.98 Å². The predicted molar refractivity (Wildman–Crippen MR) is 105 cm³/mol. The van der Waals surface area contributed by atoms with Crippen molar-refractivity contribution in [3.05, 3.63) is 53.2 Å². The minimum absolute atomic E-state index is 0. The highest BCUT2D eigenvalue weighted by Gasteiger charge is 2.19. The van der Waals surface area contributed by atoms with Crippen molar-refractivity contribution >= 4 is 52.5 Å². The molecule has 0 unspecified atom stereocenters. The number of rotatable bonds is 3. The highest BCUT2D eigenvalue weighted by atomic mass is 35.5. The molecule has 0 aliphatic carbocycles. The zero-order valence-electron chi connectivity index (χ0n) is 13.7. The number of anilines is 1. The molecule has 0 atom stereocenters. The van der Waals surface area contributed by atoms with Crippen molar-refractivity contribution in [3.8, 4) is 11.5 Å². The first-order valence-electron chi connectivity index (χ1n) is 7.33. The largest absolute Gasteiger partial charge is 0.455 e. The van der Waals surface area contributed by atoms with Gasteiger partial charge in [0.2, 0.25) is 0 Å². The topological polar surface area (TPSA) is 121 Å². The molecule has 7 nitrogen and oxygen atoms in total. The van der Waals surface area contributed by atoms with Crippen LogP contribution in [0.5, 0.6) is 11.5 Å². The molecule has 6 N–H and O–H groups in total. The van der Waals surface area contributed by atoms with Gasteiger partial charge in [-0.1, -0.05) is 17.7 Å². The van der Waals surface area contributed by atoms with Crippen molar-refractivity contribution in [1.82, 2.24) is 9.88 Å². The van der Waals surface area contributed by atoms with E-state index in [4.69, 9.17) is 33.2 Å². The molecule has 0 aliphatic heterocycles. The lowest BCUT2D eigenvalue weighted by atomic mass is 10.2. The maximum Gasteiger partial charge on any atom is 0.276 e. The summed E-state index contributed by atoms with van der Waals surface area (Å²) in [4.78, 5) is 16.4. The van der Waals surface area contributed by atoms with E-state index >= 15 is 0 Å². The number of nitrogens with one attached hydrogen (secondary N) is 2. The van der Waals surface area contributed by atoms with Crippen molar-refractivity contribution in [3.63, 3.8) is 0 Å². The van der Waals surface area contributed by atoms with Gasteiger partial charge in [-0.15, -0.1) is 12.4 Å². The molecule has 0 bridgehead atoms. The van der Waals surface area contributed by atoms with Crippen molar-refractivity contribution < 1.29 is 9.53 Å². The van der Waals surface area contributed by atoms with Gasteiger partial charge in [-0.3, -0.25) is 15.1 Å². The third kappa shape index (κ3) is 3.68.